The molecule has 0 fully saturated rings. The molecular formula is C19H17NO2. The zero-order valence-electron chi connectivity index (χ0n) is 12.1. The van der Waals surface area contributed by atoms with Crippen molar-refractivity contribution in [3.63, 3.8) is 0 Å². The average Bonchev–Trinajstić information content (AvgIpc) is 2.61. The normalized spacial score (nSPS) is 10.4. The van der Waals surface area contributed by atoms with Gasteiger partial charge < -0.3 is 9.84 Å². The van der Waals surface area contributed by atoms with Crippen LogP contribution in [-0.2, 0) is 13.2 Å². The van der Waals surface area contributed by atoms with Crippen LogP contribution in [0, 0.1) is 0 Å². The van der Waals surface area contributed by atoms with Crippen molar-refractivity contribution >= 4 is 0 Å². The van der Waals surface area contributed by atoms with E-state index in [1.165, 1.54) is 0 Å². The van der Waals surface area contributed by atoms with Crippen LogP contribution >= 0.6 is 0 Å². The fraction of sp³-hybridized carbons (Fsp3) is 0.105. The Hall–Kier alpha value is -2.65. The second kappa shape index (κ2) is 6.87. The molecule has 1 N–H and O–H groups in total. The Morgan fingerprint density at radius 3 is 2.14 bits per heavy atom. The maximum atomic E-state index is 9.06. The van der Waals surface area contributed by atoms with Gasteiger partial charge in [-0.3, -0.25) is 0 Å². The third-order valence-electron chi connectivity index (χ3n) is 3.44. The molecule has 3 aromatic rings. The largest absolute Gasteiger partial charge is 0.473 e. The fourth-order valence-corrected chi connectivity index (χ4v) is 2.17. The van der Waals surface area contributed by atoms with E-state index in [0.29, 0.717) is 12.5 Å². The summed E-state index contributed by atoms with van der Waals surface area (Å²) in [6.45, 7) is 0.573. The lowest BCUT2D eigenvalue weighted by atomic mass is 10.1. The Morgan fingerprint density at radius 1 is 0.773 bits per heavy atom. The van der Waals surface area contributed by atoms with Gasteiger partial charge in [0.15, 0.2) is 0 Å². The van der Waals surface area contributed by atoms with Crippen molar-refractivity contribution in [1.29, 1.82) is 0 Å². The molecule has 3 rings (SSSR count). The van der Waals surface area contributed by atoms with Crippen molar-refractivity contribution in [3.8, 4) is 17.0 Å². The van der Waals surface area contributed by atoms with Gasteiger partial charge in [0.25, 0.3) is 0 Å². The van der Waals surface area contributed by atoms with E-state index in [1.807, 2.05) is 66.7 Å². The van der Waals surface area contributed by atoms with Crippen LogP contribution < -0.4 is 4.74 Å². The molecule has 0 aliphatic rings. The van der Waals surface area contributed by atoms with Crippen molar-refractivity contribution in [3.05, 3.63) is 84.1 Å². The highest BCUT2D eigenvalue weighted by Gasteiger charge is 2.01. The van der Waals surface area contributed by atoms with Gasteiger partial charge >= 0.3 is 0 Å². The summed E-state index contributed by atoms with van der Waals surface area (Å²) in [5.41, 5.74) is 4.11. The molecule has 0 radical (unpaired) electrons. The summed E-state index contributed by atoms with van der Waals surface area (Å²) in [6.07, 6.45) is 1.80. The van der Waals surface area contributed by atoms with Gasteiger partial charge in [-0.15, -0.1) is 0 Å². The Morgan fingerprint density at radius 2 is 1.50 bits per heavy atom. The van der Waals surface area contributed by atoms with Gasteiger partial charge in [-0.1, -0.05) is 54.6 Å². The number of hydrogen-bond acceptors (Lipinski definition) is 3. The van der Waals surface area contributed by atoms with Crippen molar-refractivity contribution in [2.24, 2.45) is 0 Å². The van der Waals surface area contributed by atoms with E-state index in [-0.39, 0.29) is 6.61 Å². The zero-order valence-corrected chi connectivity index (χ0v) is 12.1. The van der Waals surface area contributed by atoms with E-state index >= 15 is 0 Å². The number of aromatic nitrogens is 1. The lowest BCUT2D eigenvalue weighted by Gasteiger charge is -2.07. The van der Waals surface area contributed by atoms with Gasteiger partial charge in [0.1, 0.15) is 6.61 Å². The maximum absolute atomic E-state index is 9.06. The minimum atomic E-state index is 0.0603. The SMILES string of the molecule is OCc1ccc(-c2ccc(OCc3ccccc3)nc2)cc1. The van der Waals surface area contributed by atoms with Gasteiger partial charge in [-0.2, -0.15) is 0 Å². The number of rotatable bonds is 5. The Labute approximate surface area is 129 Å². The molecule has 22 heavy (non-hydrogen) atoms. The molecule has 0 bridgehead atoms. The number of aliphatic hydroxyl groups excluding tert-OH is 1. The number of nitrogens with zero attached hydrogens (tertiary/aromatic N) is 1. The molecule has 0 saturated heterocycles. The predicted molar refractivity (Wildman–Crippen MR) is 86.4 cm³/mol. The Kier molecular flexibility index (Phi) is 4.47. The molecule has 1 heterocycles. The summed E-state index contributed by atoms with van der Waals surface area (Å²) in [5.74, 6) is 0.611. The van der Waals surface area contributed by atoms with E-state index in [2.05, 4.69) is 4.98 Å². The zero-order chi connectivity index (χ0) is 15.2. The number of benzene rings is 2. The molecule has 0 aliphatic heterocycles. The van der Waals surface area contributed by atoms with Crippen LogP contribution in [0.4, 0.5) is 0 Å². The van der Waals surface area contributed by atoms with Crippen LogP contribution in [0.3, 0.4) is 0 Å². The van der Waals surface area contributed by atoms with Crippen molar-refractivity contribution in [2.75, 3.05) is 0 Å². The number of aliphatic hydroxyl groups is 1. The van der Waals surface area contributed by atoms with Crippen LogP contribution in [0.5, 0.6) is 5.88 Å². The quantitative estimate of drug-likeness (QED) is 0.777. The summed E-state index contributed by atoms with van der Waals surface area (Å²) in [4.78, 5) is 4.34. The number of hydrogen-bond donors (Lipinski definition) is 1. The fourth-order valence-electron chi connectivity index (χ4n) is 2.17. The molecule has 0 spiro atoms. The minimum absolute atomic E-state index is 0.0603. The molecule has 0 amide bonds. The molecule has 3 heteroatoms. The van der Waals surface area contributed by atoms with Crippen LogP contribution in [-0.4, -0.2) is 10.1 Å². The summed E-state index contributed by atoms with van der Waals surface area (Å²) in [6, 6.07) is 21.7. The molecule has 1 aromatic heterocycles. The first kappa shape index (κ1) is 14.3. The van der Waals surface area contributed by atoms with Crippen molar-refractivity contribution < 1.29 is 9.84 Å². The van der Waals surface area contributed by atoms with Crippen LogP contribution in [0.15, 0.2) is 72.9 Å². The van der Waals surface area contributed by atoms with Gasteiger partial charge in [0.2, 0.25) is 5.88 Å². The first-order valence-corrected chi connectivity index (χ1v) is 7.18. The Bertz CT molecular complexity index is 707. The van der Waals surface area contributed by atoms with Gasteiger partial charge in [0.05, 0.1) is 6.61 Å². The van der Waals surface area contributed by atoms with E-state index < -0.39 is 0 Å². The first-order chi connectivity index (χ1) is 10.8. The second-order valence-corrected chi connectivity index (χ2v) is 5.01. The van der Waals surface area contributed by atoms with Crippen molar-refractivity contribution in [1.82, 2.24) is 4.98 Å². The molecule has 2 aromatic carbocycles. The third-order valence-corrected chi connectivity index (χ3v) is 3.44. The molecule has 3 nitrogen and oxygen atoms in total. The minimum Gasteiger partial charge on any atom is -0.473 e. The highest BCUT2D eigenvalue weighted by molar-refractivity contribution is 5.62. The maximum Gasteiger partial charge on any atom is 0.213 e. The highest BCUT2D eigenvalue weighted by Crippen LogP contribution is 2.21. The lowest BCUT2D eigenvalue weighted by molar-refractivity contribution is 0.282. The standard InChI is InChI=1S/C19H17NO2/c21-13-15-6-8-17(9-7-15)18-10-11-19(20-12-18)22-14-16-4-2-1-3-5-16/h1-12,21H,13-14H2. The van der Waals surface area contributed by atoms with E-state index in [9.17, 15) is 0 Å². The summed E-state index contributed by atoms with van der Waals surface area (Å²) in [5, 5.41) is 9.06. The molecular weight excluding hydrogens is 274 g/mol. The van der Waals surface area contributed by atoms with E-state index in [1.54, 1.807) is 6.20 Å². The number of ether oxygens (including phenoxy) is 1. The molecule has 0 unspecified atom stereocenters. The molecule has 0 saturated carbocycles. The third kappa shape index (κ3) is 3.51. The summed E-state index contributed by atoms with van der Waals surface area (Å²) < 4.78 is 5.68. The second-order valence-electron chi connectivity index (χ2n) is 5.01. The van der Waals surface area contributed by atoms with Gasteiger partial charge in [-0.25, -0.2) is 4.98 Å². The van der Waals surface area contributed by atoms with Gasteiger partial charge in [0, 0.05) is 17.8 Å². The van der Waals surface area contributed by atoms with E-state index in [0.717, 1.165) is 22.3 Å². The number of pyridine rings is 1. The van der Waals surface area contributed by atoms with Gasteiger partial charge in [-0.05, 0) is 22.8 Å². The first-order valence-electron chi connectivity index (χ1n) is 7.18. The summed E-state index contributed by atoms with van der Waals surface area (Å²) in [7, 11) is 0. The smallest absolute Gasteiger partial charge is 0.213 e. The van der Waals surface area contributed by atoms with Crippen LogP contribution in [0.25, 0.3) is 11.1 Å². The van der Waals surface area contributed by atoms with Crippen molar-refractivity contribution in [2.45, 2.75) is 13.2 Å². The topological polar surface area (TPSA) is 42.4 Å². The lowest BCUT2D eigenvalue weighted by Crippen LogP contribution is -1.96. The average molecular weight is 291 g/mol. The molecule has 110 valence electrons. The molecule has 0 aliphatic carbocycles. The predicted octanol–water partition coefficient (Wildman–Crippen LogP) is 3.82. The summed E-state index contributed by atoms with van der Waals surface area (Å²) >= 11 is 0. The monoisotopic (exact) mass is 291 g/mol. The van der Waals surface area contributed by atoms with E-state index in [4.69, 9.17) is 9.84 Å². The highest BCUT2D eigenvalue weighted by atomic mass is 16.5. The van der Waals surface area contributed by atoms with Crippen LogP contribution in [0.1, 0.15) is 11.1 Å². The van der Waals surface area contributed by atoms with Crippen LogP contribution in [0.2, 0.25) is 0 Å². The molecule has 0 atom stereocenters. The Balaban J connectivity index is 1.67.